The molecule has 7 nitrogen and oxygen atoms in total. The van der Waals surface area contributed by atoms with E-state index in [-0.39, 0.29) is 17.8 Å². The molecule has 1 fully saturated rings. The van der Waals surface area contributed by atoms with Gasteiger partial charge in [-0.25, -0.2) is 14.7 Å². The Morgan fingerprint density at radius 3 is 2.45 bits per heavy atom. The lowest BCUT2D eigenvalue weighted by Gasteiger charge is -2.23. The molecular weight excluding hydrogens is 390 g/mol. The first-order chi connectivity index (χ1) is 14.1. The number of hydrogen-bond acceptors (Lipinski definition) is 3. The number of benzene rings is 2. The van der Waals surface area contributed by atoms with Crippen LogP contribution in [0, 0.1) is 0 Å². The Labute approximate surface area is 173 Å². The van der Waals surface area contributed by atoms with E-state index in [1.54, 1.807) is 34.9 Å². The summed E-state index contributed by atoms with van der Waals surface area (Å²) in [4.78, 5) is 24.7. The summed E-state index contributed by atoms with van der Waals surface area (Å²) in [7, 11) is 0. The molecule has 0 bridgehead atoms. The molecule has 0 radical (unpaired) electrons. The van der Waals surface area contributed by atoms with E-state index in [9.17, 15) is 9.59 Å². The summed E-state index contributed by atoms with van der Waals surface area (Å²) in [5.74, 6) is 0.598. The number of nitrogens with zero attached hydrogens (tertiary/aromatic N) is 2. The molecule has 1 aliphatic rings. The maximum Gasteiger partial charge on any atom is 0.343 e. The van der Waals surface area contributed by atoms with Crippen LogP contribution in [-0.2, 0) is 0 Å². The number of anilines is 2. The summed E-state index contributed by atoms with van der Waals surface area (Å²) in [5.41, 5.74) is 1.79. The van der Waals surface area contributed by atoms with E-state index >= 15 is 0 Å². The average Bonchev–Trinajstić information content (AvgIpc) is 3.10. The molecule has 1 saturated carbocycles. The molecular formula is C21H22ClN5O2. The summed E-state index contributed by atoms with van der Waals surface area (Å²) < 4.78 is 1.75. The summed E-state index contributed by atoms with van der Waals surface area (Å²) in [6.07, 6.45) is 5.40. The van der Waals surface area contributed by atoms with Crippen molar-refractivity contribution in [3.8, 4) is 11.4 Å². The van der Waals surface area contributed by atoms with Gasteiger partial charge in [0.15, 0.2) is 5.82 Å². The van der Waals surface area contributed by atoms with Gasteiger partial charge in [0, 0.05) is 28.0 Å². The molecule has 3 N–H and O–H groups in total. The minimum absolute atomic E-state index is 0.160. The molecule has 2 aromatic carbocycles. The third-order valence-electron chi connectivity index (χ3n) is 5.11. The molecule has 1 aliphatic carbocycles. The largest absolute Gasteiger partial charge is 0.343 e. The highest BCUT2D eigenvalue weighted by atomic mass is 35.5. The molecule has 1 heterocycles. The minimum Gasteiger partial charge on any atom is -0.308 e. The molecule has 0 saturated heterocycles. The zero-order valence-corrected chi connectivity index (χ0v) is 16.6. The van der Waals surface area contributed by atoms with Gasteiger partial charge in [0.2, 0.25) is 0 Å². The van der Waals surface area contributed by atoms with Crippen molar-refractivity contribution in [1.29, 1.82) is 0 Å². The number of halogens is 1. The van der Waals surface area contributed by atoms with E-state index in [1.807, 2.05) is 18.2 Å². The molecule has 0 spiro atoms. The highest BCUT2D eigenvalue weighted by Gasteiger charge is 2.22. The standard InChI is InChI=1S/C21H22ClN5O2/c22-15-7-5-9-17(13-15)24-20(28)23-16-8-4-6-14(12-16)19-25-26-21(29)27(19)18-10-2-1-3-11-18/h4-9,12-13,18H,1-3,10-11H2,(H,26,29)(H2,23,24,28). The molecule has 4 rings (SSSR count). The monoisotopic (exact) mass is 411 g/mol. The fourth-order valence-electron chi connectivity index (χ4n) is 3.78. The lowest BCUT2D eigenvalue weighted by molar-refractivity contribution is 0.262. The lowest BCUT2D eigenvalue weighted by Crippen LogP contribution is -2.25. The molecule has 8 heteroatoms. The van der Waals surface area contributed by atoms with Crippen molar-refractivity contribution in [2.75, 3.05) is 10.6 Å². The van der Waals surface area contributed by atoms with Gasteiger partial charge in [0.25, 0.3) is 0 Å². The Kier molecular flexibility index (Phi) is 5.67. The van der Waals surface area contributed by atoms with Gasteiger partial charge in [-0.1, -0.05) is 49.1 Å². The number of rotatable bonds is 4. The van der Waals surface area contributed by atoms with Crippen molar-refractivity contribution in [3.05, 3.63) is 64.0 Å². The Bertz CT molecular complexity index is 1070. The highest BCUT2D eigenvalue weighted by molar-refractivity contribution is 6.30. The molecule has 2 amide bonds. The highest BCUT2D eigenvalue weighted by Crippen LogP contribution is 2.30. The quantitative estimate of drug-likeness (QED) is 0.561. The van der Waals surface area contributed by atoms with Crippen LogP contribution in [0.2, 0.25) is 5.02 Å². The second-order valence-corrected chi connectivity index (χ2v) is 7.62. The van der Waals surface area contributed by atoms with Crippen LogP contribution < -0.4 is 16.3 Å². The van der Waals surface area contributed by atoms with Crippen LogP contribution in [0.1, 0.15) is 38.1 Å². The van der Waals surface area contributed by atoms with Gasteiger partial charge in [-0.3, -0.25) is 4.57 Å². The van der Waals surface area contributed by atoms with Gasteiger partial charge >= 0.3 is 11.7 Å². The van der Waals surface area contributed by atoms with Crippen LogP contribution in [0.4, 0.5) is 16.2 Å². The third kappa shape index (κ3) is 4.51. The third-order valence-corrected chi connectivity index (χ3v) is 5.34. The fraction of sp³-hybridized carbons (Fsp3) is 0.286. The second-order valence-electron chi connectivity index (χ2n) is 7.18. The van der Waals surface area contributed by atoms with E-state index in [0.717, 1.165) is 31.2 Å². The number of carbonyl (C=O) groups is 1. The van der Waals surface area contributed by atoms with Crippen LogP contribution in [0.25, 0.3) is 11.4 Å². The van der Waals surface area contributed by atoms with Gasteiger partial charge in [-0.05, 0) is 43.2 Å². The second kappa shape index (κ2) is 8.53. The van der Waals surface area contributed by atoms with E-state index in [1.165, 1.54) is 6.42 Å². The normalized spacial score (nSPS) is 14.5. The van der Waals surface area contributed by atoms with E-state index in [2.05, 4.69) is 20.8 Å². The number of amides is 2. The number of aromatic nitrogens is 3. The van der Waals surface area contributed by atoms with Gasteiger partial charge < -0.3 is 10.6 Å². The zero-order valence-electron chi connectivity index (χ0n) is 15.8. The van der Waals surface area contributed by atoms with Crippen molar-refractivity contribution >= 4 is 29.0 Å². The first-order valence-electron chi connectivity index (χ1n) is 9.71. The molecule has 0 aliphatic heterocycles. The Morgan fingerprint density at radius 2 is 1.72 bits per heavy atom. The summed E-state index contributed by atoms with van der Waals surface area (Å²) >= 11 is 5.95. The van der Waals surface area contributed by atoms with Crippen LogP contribution in [0.15, 0.2) is 53.3 Å². The topological polar surface area (TPSA) is 91.8 Å². The molecule has 0 atom stereocenters. The SMILES string of the molecule is O=C(Nc1cccc(Cl)c1)Nc1cccc(-c2n[nH]c(=O)n2C2CCCCC2)c1. The first kappa shape index (κ1) is 19.3. The Morgan fingerprint density at radius 1 is 1.03 bits per heavy atom. The molecule has 150 valence electrons. The zero-order chi connectivity index (χ0) is 20.2. The summed E-state index contributed by atoms with van der Waals surface area (Å²) in [6.45, 7) is 0. The van der Waals surface area contributed by atoms with Gasteiger partial charge in [0.05, 0.1) is 0 Å². The van der Waals surface area contributed by atoms with Crippen molar-refractivity contribution in [1.82, 2.24) is 14.8 Å². The van der Waals surface area contributed by atoms with Crippen LogP contribution in [-0.4, -0.2) is 20.8 Å². The maximum atomic E-state index is 12.4. The number of carbonyl (C=O) groups excluding carboxylic acids is 1. The van der Waals surface area contributed by atoms with Crippen molar-refractivity contribution in [2.24, 2.45) is 0 Å². The first-order valence-corrected chi connectivity index (χ1v) is 10.1. The molecule has 29 heavy (non-hydrogen) atoms. The molecule has 0 unspecified atom stereocenters. The summed E-state index contributed by atoms with van der Waals surface area (Å²) in [5, 5.41) is 12.9. The lowest BCUT2D eigenvalue weighted by atomic mass is 9.95. The fourth-order valence-corrected chi connectivity index (χ4v) is 3.97. The number of nitrogens with one attached hydrogen (secondary N) is 3. The van der Waals surface area contributed by atoms with Gasteiger partial charge in [0.1, 0.15) is 0 Å². The smallest absolute Gasteiger partial charge is 0.308 e. The van der Waals surface area contributed by atoms with Crippen molar-refractivity contribution in [3.63, 3.8) is 0 Å². The van der Waals surface area contributed by atoms with Crippen LogP contribution in [0.5, 0.6) is 0 Å². The van der Waals surface area contributed by atoms with E-state index < -0.39 is 0 Å². The number of hydrogen-bond donors (Lipinski definition) is 3. The van der Waals surface area contributed by atoms with Gasteiger partial charge in [-0.15, -0.1) is 0 Å². The van der Waals surface area contributed by atoms with Crippen LogP contribution >= 0.6 is 11.6 Å². The van der Waals surface area contributed by atoms with Gasteiger partial charge in [-0.2, -0.15) is 5.10 Å². The average molecular weight is 412 g/mol. The summed E-state index contributed by atoms with van der Waals surface area (Å²) in [6, 6.07) is 14.0. The minimum atomic E-state index is -0.379. The number of H-pyrrole nitrogens is 1. The number of aromatic amines is 1. The molecule has 1 aromatic heterocycles. The van der Waals surface area contributed by atoms with Crippen molar-refractivity contribution in [2.45, 2.75) is 38.1 Å². The van der Waals surface area contributed by atoms with Crippen LogP contribution in [0.3, 0.4) is 0 Å². The predicted molar refractivity (Wildman–Crippen MR) is 114 cm³/mol. The van der Waals surface area contributed by atoms with Crippen molar-refractivity contribution < 1.29 is 4.79 Å². The predicted octanol–water partition coefficient (Wildman–Crippen LogP) is 5.04. The Balaban J connectivity index is 1.53. The van der Waals surface area contributed by atoms with E-state index in [4.69, 9.17) is 11.6 Å². The molecule has 3 aromatic rings. The van der Waals surface area contributed by atoms with E-state index in [0.29, 0.717) is 22.2 Å². The maximum absolute atomic E-state index is 12.4. The Hall–Kier alpha value is -3.06. The number of urea groups is 1.